The fraction of sp³-hybridized carbons (Fsp3) is 0.360. The summed E-state index contributed by atoms with van der Waals surface area (Å²) in [4.78, 5) is 15.2. The van der Waals surface area contributed by atoms with Crippen molar-refractivity contribution in [3.63, 3.8) is 0 Å². The summed E-state index contributed by atoms with van der Waals surface area (Å²) < 4.78 is 5.70. The van der Waals surface area contributed by atoms with E-state index in [1.54, 1.807) is 18.2 Å². The molecule has 1 fully saturated rings. The van der Waals surface area contributed by atoms with Gasteiger partial charge in [0.15, 0.2) is 0 Å². The van der Waals surface area contributed by atoms with Crippen LogP contribution in [0.4, 0.5) is 0 Å². The van der Waals surface area contributed by atoms with Gasteiger partial charge in [-0.15, -0.1) is 0 Å². The second-order valence-electron chi connectivity index (χ2n) is 8.31. The predicted molar refractivity (Wildman–Crippen MR) is 123 cm³/mol. The molecule has 0 saturated heterocycles. The lowest BCUT2D eigenvalue weighted by Gasteiger charge is -2.15. The predicted octanol–water partition coefficient (Wildman–Crippen LogP) is 4.92. The van der Waals surface area contributed by atoms with Crippen LogP contribution in [0.2, 0.25) is 5.02 Å². The first-order valence-corrected chi connectivity index (χ1v) is 11.2. The van der Waals surface area contributed by atoms with Crippen LogP contribution in [0, 0.1) is 17.8 Å². The third-order valence-electron chi connectivity index (χ3n) is 6.12. The monoisotopic (exact) mass is 437 g/mol. The summed E-state index contributed by atoms with van der Waals surface area (Å²) in [6, 6.07) is 8.80. The van der Waals surface area contributed by atoms with E-state index in [4.69, 9.17) is 22.1 Å². The first-order valence-electron chi connectivity index (χ1n) is 10.8. The Kier molecular flexibility index (Phi) is 7.05. The van der Waals surface area contributed by atoms with Crippen molar-refractivity contribution in [3.05, 3.63) is 77.0 Å². The van der Waals surface area contributed by atoms with Gasteiger partial charge in [-0.25, -0.2) is 4.98 Å². The number of pyridine rings is 1. The van der Waals surface area contributed by atoms with Crippen LogP contribution in [0.1, 0.15) is 35.2 Å². The Morgan fingerprint density at radius 3 is 2.81 bits per heavy atom. The number of ether oxygens (including phenoxy) is 1. The third kappa shape index (κ3) is 5.75. The van der Waals surface area contributed by atoms with E-state index in [-0.39, 0.29) is 0 Å². The lowest BCUT2D eigenvalue weighted by atomic mass is 9.90. The topological polar surface area (TPSA) is 77.2 Å². The number of amides is 1. The normalized spacial score (nSPS) is 21.8. The maximum atomic E-state index is 11.1. The molecule has 1 aromatic heterocycles. The Morgan fingerprint density at radius 1 is 1.23 bits per heavy atom. The molecular weight excluding hydrogens is 410 g/mol. The Bertz CT molecular complexity index is 971. The molecular formula is C25H28ClN3O2. The lowest BCUT2D eigenvalue weighted by molar-refractivity contribution is 0.1000. The zero-order valence-electron chi connectivity index (χ0n) is 17.5. The van der Waals surface area contributed by atoms with Crippen LogP contribution >= 0.6 is 11.6 Å². The Labute approximate surface area is 188 Å². The number of nitrogens with one attached hydrogen (secondary N) is 1. The molecule has 2 aliphatic carbocycles. The quantitative estimate of drug-likeness (QED) is 0.408. The number of hydrogen-bond acceptors (Lipinski definition) is 4. The summed E-state index contributed by atoms with van der Waals surface area (Å²) in [5.74, 6) is 2.97. The average Bonchev–Trinajstić information content (AvgIpc) is 3.38. The highest BCUT2D eigenvalue weighted by Crippen LogP contribution is 2.44. The minimum atomic E-state index is -0.520. The average molecular weight is 438 g/mol. The van der Waals surface area contributed by atoms with E-state index in [2.05, 4.69) is 34.6 Å². The largest absolute Gasteiger partial charge is 0.439 e. The van der Waals surface area contributed by atoms with Crippen LogP contribution in [0.25, 0.3) is 0 Å². The number of carbonyl (C=O) groups is 1. The molecule has 5 nitrogen and oxygen atoms in total. The number of fused-ring (bicyclic) bond motifs is 2. The van der Waals surface area contributed by atoms with Gasteiger partial charge >= 0.3 is 0 Å². The van der Waals surface area contributed by atoms with Crippen molar-refractivity contribution in [2.75, 3.05) is 13.1 Å². The van der Waals surface area contributed by atoms with Crippen molar-refractivity contribution in [1.29, 1.82) is 0 Å². The standard InChI is InChI=1S/C25H28ClN3O2/c26-23-15-22(31-24-9-7-21(16-29-24)25(27)30)8-6-18(23)10-12-28-11-2-1-3-19-13-17-4-5-20(19)14-17/h1-2,4-9,15-17,19-20,28H,3,10-14H2,(H2,27,30)/b2-1+. The molecule has 3 atom stereocenters. The first kappa shape index (κ1) is 21.6. The Morgan fingerprint density at radius 2 is 2.13 bits per heavy atom. The Hall–Kier alpha value is -2.63. The van der Waals surface area contributed by atoms with E-state index in [1.165, 1.54) is 25.5 Å². The summed E-state index contributed by atoms with van der Waals surface area (Å²) in [5.41, 5.74) is 6.62. The van der Waals surface area contributed by atoms with Gasteiger partial charge in [0.1, 0.15) is 5.75 Å². The van der Waals surface area contributed by atoms with E-state index in [9.17, 15) is 4.79 Å². The molecule has 6 heteroatoms. The third-order valence-corrected chi connectivity index (χ3v) is 6.47. The maximum Gasteiger partial charge on any atom is 0.250 e. The highest BCUT2D eigenvalue weighted by atomic mass is 35.5. The summed E-state index contributed by atoms with van der Waals surface area (Å²) in [7, 11) is 0. The van der Waals surface area contributed by atoms with E-state index < -0.39 is 5.91 Å². The number of benzene rings is 1. The van der Waals surface area contributed by atoms with Gasteiger partial charge in [0, 0.05) is 23.8 Å². The molecule has 2 bridgehead atoms. The molecule has 0 aliphatic heterocycles. The van der Waals surface area contributed by atoms with Crippen molar-refractivity contribution in [2.45, 2.75) is 25.7 Å². The molecule has 3 N–H and O–H groups in total. The van der Waals surface area contributed by atoms with E-state index in [1.807, 2.05) is 12.1 Å². The fourth-order valence-electron chi connectivity index (χ4n) is 4.43. The molecule has 1 aromatic carbocycles. The molecule has 31 heavy (non-hydrogen) atoms. The molecule has 3 unspecified atom stereocenters. The summed E-state index contributed by atoms with van der Waals surface area (Å²) >= 11 is 6.42. The number of rotatable bonds is 10. The van der Waals surface area contributed by atoms with Gasteiger partial charge in [-0.3, -0.25) is 4.79 Å². The number of halogens is 1. The van der Waals surface area contributed by atoms with Crippen LogP contribution in [0.3, 0.4) is 0 Å². The minimum Gasteiger partial charge on any atom is -0.439 e. The molecule has 2 aromatic rings. The fourth-order valence-corrected chi connectivity index (χ4v) is 4.69. The van der Waals surface area contributed by atoms with Gasteiger partial charge in [-0.1, -0.05) is 42.0 Å². The van der Waals surface area contributed by atoms with Gasteiger partial charge < -0.3 is 15.8 Å². The summed E-state index contributed by atoms with van der Waals surface area (Å²) in [6.07, 6.45) is 15.6. The molecule has 1 saturated carbocycles. The van der Waals surface area contributed by atoms with Gasteiger partial charge in [0.25, 0.3) is 0 Å². The SMILES string of the molecule is NC(=O)c1ccc(Oc2ccc(CCNC/C=C/CC3CC4C=CC3C4)c(Cl)c2)nc1. The van der Waals surface area contributed by atoms with E-state index in [0.717, 1.165) is 42.8 Å². The summed E-state index contributed by atoms with van der Waals surface area (Å²) in [6.45, 7) is 1.74. The number of nitrogens with two attached hydrogens (primary N) is 1. The van der Waals surface area contributed by atoms with Gasteiger partial charge in [-0.2, -0.15) is 0 Å². The number of hydrogen-bond donors (Lipinski definition) is 2. The van der Waals surface area contributed by atoms with Crippen LogP contribution in [-0.2, 0) is 6.42 Å². The van der Waals surface area contributed by atoms with Gasteiger partial charge in [0.05, 0.1) is 5.56 Å². The molecule has 1 amide bonds. The lowest BCUT2D eigenvalue weighted by Crippen LogP contribution is -2.17. The molecule has 0 spiro atoms. The Balaban J connectivity index is 1.17. The zero-order chi connectivity index (χ0) is 21.6. The highest BCUT2D eigenvalue weighted by molar-refractivity contribution is 6.31. The van der Waals surface area contributed by atoms with E-state index >= 15 is 0 Å². The number of nitrogens with zero attached hydrogens (tertiary/aromatic N) is 1. The number of aromatic nitrogens is 1. The zero-order valence-corrected chi connectivity index (χ0v) is 18.2. The smallest absolute Gasteiger partial charge is 0.250 e. The van der Waals surface area contributed by atoms with Crippen LogP contribution in [0.15, 0.2) is 60.8 Å². The first-order chi connectivity index (χ1) is 15.1. The molecule has 162 valence electrons. The van der Waals surface area contributed by atoms with Gasteiger partial charge in [0.2, 0.25) is 11.8 Å². The van der Waals surface area contributed by atoms with E-state index in [0.29, 0.717) is 22.2 Å². The number of carbonyl (C=O) groups excluding carboxylic acids is 1. The van der Waals surface area contributed by atoms with Crippen molar-refractivity contribution < 1.29 is 9.53 Å². The van der Waals surface area contributed by atoms with Crippen LogP contribution in [-0.4, -0.2) is 24.0 Å². The molecule has 1 heterocycles. The second-order valence-corrected chi connectivity index (χ2v) is 8.71. The molecule has 2 aliphatic rings. The van der Waals surface area contributed by atoms with Crippen molar-refractivity contribution >= 4 is 17.5 Å². The molecule has 0 radical (unpaired) electrons. The van der Waals surface area contributed by atoms with Crippen molar-refractivity contribution in [3.8, 4) is 11.6 Å². The molecule has 4 rings (SSSR count). The van der Waals surface area contributed by atoms with Gasteiger partial charge in [-0.05, 0) is 73.7 Å². The number of primary amides is 1. The minimum absolute atomic E-state index is 0.339. The van der Waals surface area contributed by atoms with Crippen LogP contribution < -0.4 is 15.8 Å². The van der Waals surface area contributed by atoms with Crippen molar-refractivity contribution in [1.82, 2.24) is 10.3 Å². The van der Waals surface area contributed by atoms with Crippen LogP contribution in [0.5, 0.6) is 11.6 Å². The summed E-state index contributed by atoms with van der Waals surface area (Å²) in [5, 5.41) is 4.11. The maximum absolute atomic E-state index is 11.1. The number of allylic oxidation sites excluding steroid dienone is 3. The second kappa shape index (κ2) is 10.1. The highest BCUT2D eigenvalue weighted by Gasteiger charge is 2.34. The van der Waals surface area contributed by atoms with Crippen molar-refractivity contribution in [2.24, 2.45) is 23.5 Å².